The quantitative estimate of drug-likeness (QED) is 0.441. The van der Waals surface area contributed by atoms with Gasteiger partial charge in [-0.25, -0.2) is 9.59 Å². The zero-order valence-corrected chi connectivity index (χ0v) is 14.5. The molecule has 1 aliphatic heterocycles. The number of rotatable bonds is 1. The molecule has 1 N–H and O–H groups in total. The van der Waals surface area contributed by atoms with Gasteiger partial charge in [0.25, 0.3) is 0 Å². The molecule has 2 rings (SSSR count). The summed E-state index contributed by atoms with van der Waals surface area (Å²) in [6.07, 6.45) is 10.1. The van der Waals surface area contributed by atoms with Crippen LogP contribution >= 0.6 is 0 Å². The first-order valence-corrected chi connectivity index (χ1v) is 8.53. The zero-order chi connectivity index (χ0) is 17.7. The van der Waals surface area contributed by atoms with Crippen molar-refractivity contribution in [3.8, 4) is 0 Å². The molecule has 1 aliphatic carbocycles. The molecule has 0 spiro atoms. The van der Waals surface area contributed by atoms with Crippen molar-refractivity contribution < 1.29 is 19.4 Å². The Balaban J connectivity index is 2.23. The summed E-state index contributed by atoms with van der Waals surface area (Å²) in [5, 5.41) is 9.29. The van der Waals surface area contributed by atoms with Crippen molar-refractivity contribution in [2.45, 2.75) is 58.5 Å². The van der Waals surface area contributed by atoms with E-state index in [9.17, 15) is 14.7 Å². The van der Waals surface area contributed by atoms with Crippen LogP contribution in [0.1, 0.15) is 52.4 Å². The Morgan fingerprint density at radius 1 is 1.17 bits per heavy atom. The van der Waals surface area contributed by atoms with E-state index in [0.29, 0.717) is 24.0 Å². The standard InChI is InChI=1S/C20H26O4/c1-13-6-4-8-16(19(21)22)9-5-7-14(2)12-18-17(11-10-13)15(3)20(23)24-18/h6,9,12,17-18H,3-5,7-8,10-11H2,1-2H3,(H,21,22)/b13-6+,14-12+,16-9+/t17-,18-/m0/s1. The molecule has 0 unspecified atom stereocenters. The minimum atomic E-state index is -0.837. The molecule has 2 aliphatic rings. The number of allylic oxidation sites excluding steroid dienone is 4. The second-order valence-electron chi connectivity index (χ2n) is 6.72. The Labute approximate surface area is 143 Å². The van der Waals surface area contributed by atoms with E-state index in [4.69, 9.17) is 4.74 Å². The molecule has 24 heavy (non-hydrogen) atoms. The maximum atomic E-state index is 11.8. The van der Waals surface area contributed by atoms with E-state index >= 15 is 0 Å². The van der Waals surface area contributed by atoms with Gasteiger partial charge < -0.3 is 9.84 Å². The Bertz CT molecular complexity index is 622. The van der Waals surface area contributed by atoms with Crippen LogP contribution in [0.15, 0.2) is 47.1 Å². The lowest BCUT2D eigenvalue weighted by Gasteiger charge is -2.16. The van der Waals surface area contributed by atoms with Gasteiger partial charge in [-0.2, -0.15) is 0 Å². The number of fused-ring (bicyclic) bond motifs is 1. The van der Waals surface area contributed by atoms with Crippen LogP contribution in [0.5, 0.6) is 0 Å². The number of carbonyl (C=O) groups excluding carboxylic acids is 1. The Hall–Kier alpha value is -2.10. The van der Waals surface area contributed by atoms with E-state index in [0.717, 1.165) is 31.3 Å². The Morgan fingerprint density at radius 3 is 2.58 bits per heavy atom. The summed E-state index contributed by atoms with van der Waals surface area (Å²) in [6.45, 7) is 7.95. The number of ether oxygens (including phenoxy) is 1. The van der Waals surface area contributed by atoms with E-state index in [1.54, 1.807) is 0 Å². The molecule has 0 radical (unpaired) electrons. The summed E-state index contributed by atoms with van der Waals surface area (Å²) in [6, 6.07) is 0. The highest BCUT2D eigenvalue weighted by molar-refractivity contribution is 5.91. The third kappa shape index (κ3) is 4.70. The first-order chi connectivity index (χ1) is 11.4. The van der Waals surface area contributed by atoms with Crippen LogP contribution in [0.25, 0.3) is 0 Å². The normalized spacial score (nSPS) is 33.0. The van der Waals surface area contributed by atoms with Crippen molar-refractivity contribution in [3.63, 3.8) is 0 Å². The van der Waals surface area contributed by atoms with Gasteiger partial charge in [0.15, 0.2) is 0 Å². The van der Waals surface area contributed by atoms with Gasteiger partial charge in [-0.1, -0.05) is 29.9 Å². The molecule has 1 heterocycles. The molecule has 0 aromatic rings. The molecular formula is C20H26O4. The largest absolute Gasteiger partial charge is 0.478 e. The van der Waals surface area contributed by atoms with Crippen LogP contribution in [0.2, 0.25) is 0 Å². The van der Waals surface area contributed by atoms with Crippen LogP contribution in [0.4, 0.5) is 0 Å². The molecular weight excluding hydrogens is 304 g/mol. The second kappa shape index (κ2) is 8.13. The lowest BCUT2D eigenvalue weighted by molar-refractivity contribution is -0.137. The van der Waals surface area contributed by atoms with Crippen molar-refractivity contribution in [2.75, 3.05) is 0 Å². The van der Waals surface area contributed by atoms with Crippen molar-refractivity contribution >= 4 is 11.9 Å². The molecule has 0 amide bonds. The molecule has 2 atom stereocenters. The highest BCUT2D eigenvalue weighted by Crippen LogP contribution is 2.33. The predicted octanol–water partition coefficient (Wildman–Crippen LogP) is 4.34. The number of carbonyl (C=O) groups is 2. The number of carboxylic acid groups (broad SMARTS) is 1. The van der Waals surface area contributed by atoms with Crippen LogP contribution in [0.3, 0.4) is 0 Å². The zero-order valence-electron chi connectivity index (χ0n) is 14.5. The molecule has 4 nitrogen and oxygen atoms in total. The minimum absolute atomic E-state index is 0.0314. The fourth-order valence-corrected chi connectivity index (χ4v) is 3.21. The van der Waals surface area contributed by atoms with Gasteiger partial charge in [-0.05, 0) is 58.4 Å². The molecule has 0 bridgehead atoms. The molecule has 0 saturated carbocycles. The van der Waals surface area contributed by atoms with E-state index in [-0.39, 0.29) is 18.0 Å². The first kappa shape index (κ1) is 18.2. The number of hydrogen-bond acceptors (Lipinski definition) is 3. The summed E-state index contributed by atoms with van der Waals surface area (Å²) < 4.78 is 5.46. The second-order valence-corrected chi connectivity index (χ2v) is 6.72. The number of aliphatic carboxylic acids is 1. The SMILES string of the molecule is C=C1C(=O)O[C@H]2/C=C(\C)CC/C=C(/C(=O)O)CC/C=C(\C)CC[C@@H]12. The number of hydrogen-bond donors (Lipinski definition) is 1. The van der Waals surface area contributed by atoms with Crippen LogP contribution < -0.4 is 0 Å². The van der Waals surface area contributed by atoms with Crippen molar-refractivity contribution in [2.24, 2.45) is 5.92 Å². The first-order valence-electron chi connectivity index (χ1n) is 8.53. The van der Waals surface area contributed by atoms with Crippen LogP contribution in [-0.4, -0.2) is 23.1 Å². The van der Waals surface area contributed by atoms with Crippen molar-refractivity contribution in [3.05, 3.63) is 47.1 Å². The fraction of sp³-hybridized carbons (Fsp3) is 0.500. The Morgan fingerprint density at radius 2 is 1.88 bits per heavy atom. The summed E-state index contributed by atoms with van der Waals surface area (Å²) >= 11 is 0. The predicted molar refractivity (Wildman–Crippen MR) is 93.4 cm³/mol. The van der Waals surface area contributed by atoms with Gasteiger partial charge in [0, 0.05) is 17.1 Å². The molecule has 1 saturated heterocycles. The lowest BCUT2D eigenvalue weighted by Crippen LogP contribution is -2.15. The molecule has 0 aromatic carbocycles. The van der Waals surface area contributed by atoms with Gasteiger partial charge in [-0.15, -0.1) is 0 Å². The average Bonchev–Trinajstić information content (AvgIpc) is 2.77. The maximum Gasteiger partial charge on any atom is 0.334 e. The monoisotopic (exact) mass is 330 g/mol. The summed E-state index contributed by atoms with van der Waals surface area (Å²) in [4.78, 5) is 23.2. The summed E-state index contributed by atoms with van der Waals surface area (Å²) in [5.41, 5.74) is 3.36. The van der Waals surface area contributed by atoms with E-state index in [1.807, 2.05) is 26.0 Å². The highest BCUT2D eigenvalue weighted by Gasteiger charge is 2.36. The minimum Gasteiger partial charge on any atom is -0.478 e. The van der Waals surface area contributed by atoms with E-state index in [2.05, 4.69) is 12.7 Å². The average molecular weight is 330 g/mol. The molecule has 1 fully saturated rings. The number of carboxylic acids is 1. The third-order valence-electron chi connectivity index (χ3n) is 4.76. The van der Waals surface area contributed by atoms with Gasteiger partial charge in [0.05, 0.1) is 0 Å². The van der Waals surface area contributed by atoms with Gasteiger partial charge in [0.2, 0.25) is 0 Å². The molecule has 130 valence electrons. The highest BCUT2D eigenvalue weighted by atomic mass is 16.5. The summed E-state index contributed by atoms with van der Waals surface area (Å²) in [7, 11) is 0. The third-order valence-corrected chi connectivity index (χ3v) is 4.76. The van der Waals surface area contributed by atoms with Crippen molar-refractivity contribution in [1.82, 2.24) is 0 Å². The molecule has 0 aromatic heterocycles. The molecule has 4 heteroatoms. The van der Waals surface area contributed by atoms with E-state index < -0.39 is 5.97 Å². The van der Waals surface area contributed by atoms with Crippen LogP contribution in [-0.2, 0) is 14.3 Å². The van der Waals surface area contributed by atoms with Gasteiger partial charge >= 0.3 is 11.9 Å². The lowest BCUT2D eigenvalue weighted by atomic mass is 9.89. The topological polar surface area (TPSA) is 63.6 Å². The smallest absolute Gasteiger partial charge is 0.334 e. The van der Waals surface area contributed by atoms with Gasteiger partial charge in [-0.3, -0.25) is 0 Å². The summed E-state index contributed by atoms with van der Waals surface area (Å²) in [5.74, 6) is -1.10. The van der Waals surface area contributed by atoms with Crippen LogP contribution in [0, 0.1) is 5.92 Å². The van der Waals surface area contributed by atoms with E-state index in [1.165, 1.54) is 5.57 Å². The fourth-order valence-electron chi connectivity index (χ4n) is 3.21. The Kier molecular flexibility index (Phi) is 6.18. The van der Waals surface area contributed by atoms with Crippen molar-refractivity contribution in [1.29, 1.82) is 0 Å². The maximum absolute atomic E-state index is 11.8. The number of esters is 1. The van der Waals surface area contributed by atoms with Gasteiger partial charge in [0.1, 0.15) is 6.10 Å².